The van der Waals surface area contributed by atoms with E-state index < -0.39 is 51.3 Å². The Morgan fingerprint density at radius 3 is 1.91 bits per heavy atom. The standard InChI is InChI=1S/C14H17F6NOS/c1-8-10(13(15,16)17)6-5-9(11(8)14(18,19)20)7-21-23(22)12(2,3)4/h5-6,21H,7H2,1-4H3/t23-/m0/s1. The third-order valence-electron chi connectivity index (χ3n) is 3.09. The second-order valence-corrected chi connectivity index (χ2v) is 8.02. The molecule has 0 amide bonds. The van der Waals surface area contributed by atoms with E-state index in [1.54, 1.807) is 20.8 Å². The van der Waals surface area contributed by atoms with Gasteiger partial charge in [-0.2, -0.15) is 26.3 Å². The lowest BCUT2D eigenvalue weighted by molar-refractivity contribution is -0.144. The first-order valence-electron chi connectivity index (χ1n) is 6.58. The van der Waals surface area contributed by atoms with Gasteiger partial charge in [-0.1, -0.05) is 6.07 Å². The van der Waals surface area contributed by atoms with Gasteiger partial charge in [0.05, 0.1) is 26.9 Å². The molecule has 0 aromatic heterocycles. The SMILES string of the molecule is Cc1c(C(F)(F)F)ccc(CN[S@@](=O)C(C)(C)C)c1C(F)(F)F. The maximum absolute atomic E-state index is 13.2. The van der Waals surface area contributed by atoms with Gasteiger partial charge in [0.2, 0.25) is 0 Å². The molecule has 23 heavy (non-hydrogen) atoms. The minimum Gasteiger partial charge on any atom is -0.242 e. The number of hydrogen-bond acceptors (Lipinski definition) is 1. The van der Waals surface area contributed by atoms with E-state index in [9.17, 15) is 30.6 Å². The lowest BCUT2D eigenvalue weighted by Crippen LogP contribution is -2.33. The molecule has 2 nitrogen and oxygen atoms in total. The fourth-order valence-corrected chi connectivity index (χ4v) is 2.70. The van der Waals surface area contributed by atoms with Crippen LogP contribution in [0.1, 0.15) is 43.0 Å². The van der Waals surface area contributed by atoms with Gasteiger partial charge in [-0.05, 0) is 44.9 Å². The van der Waals surface area contributed by atoms with Gasteiger partial charge in [0, 0.05) is 6.54 Å². The number of nitrogens with one attached hydrogen (secondary N) is 1. The number of rotatable bonds is 3. The predicted octanol–water partition coefficient (Wildman–Crippen LogP) is 4.58. The molecule has 9 heteroatoms. The molecule has 0 radical (unpaired) electrons. The van der Waals surface area contributed by atoms with Crippen molar-refractivity contribution in [1.82, 2.24) is 4.72 Å². The molecule has 0 bridgehead atoms. The Balaban J connectivity index is 3.29. The van der Waals surface area contributed by atoms with Crippen LogP contribution < -0.4 is 4.72 Å². The molecule has 1 N–H and O–H groups in total. The second-order valence-electron chi connectivity index (χ2n) is 5.97. The van der Waals surface area contributed by atoms with Crippen LogP contribution in [0.4, 0.5) is 26.3 Å². The molecule has 0 saturated carbocycles. The summed E-state index contributed by atoms with van der Waals surface area (Å²) in [5, 5.41) is 0. The van der Waals surface area contributed by atoms with Crippen LogP contribution in [-0.2, 0) is 29.9 Å². The van der Waals surface area contributed by atoms with Crippen molar-refractivity contribution >= 4 is 11.0 Å². The summed E-state index contributed by atoms with van der Waals surface area (Å²) in [6.07, 6.45) is -9.81. The quantitative estimate of drug-likeness (QED) is 0.785. The molecular weight excluding hydrogens is 344 g/mol. The maximum Gasteiger partial charge on any atom is 0.416 e. The lowest BCUT2D eigenvalue weighted by Gasteiger charge is -2.22. The normalized spacial score (nSPS) is 14.9. The van der Waals surface area contributed by atoms with E-state index >= 15 is 0 Å². The molecule has 0 aliphatic heterocycles. The van der Waals surface area contributed by atoms with E-state index in [1.165, 1.54) is 0 Å². The highest BCUT2D eigenvalue weighted by molar-refractivity contribution is 7.84. The summed E-state index contributed by atoms with van der Waals surface area (Å²) < 4.78 is 91.4. The van der Waals surface area contributed by atoms with Crippen molar-refractivity contribution in [3.8, 4) is 0 Å². The van der Waals surface area contributed by atoms with Crippen LogP contribution in [0.3, 0.4) is 0 Å². The summed E-state index contributed by atoms with van der Waals surface area (Å²) in [5.74, 6) is 0. The van der Waals surface area contributed by atoms with Crippen LogP contribution in [-0.4, -0.2) is 8.96 Å². The van der Waals surface area contributed by atoms with Crippen molar-refractivity contribution in [2.75, 3.05) is 0 Å². The van der Waals surface area contributed by atoms with E-state index in [1.807, 2.05) is 0 Å². The smallest absolute Gasteiger partial charge is 0.242 e. The molecule has 1 rings (SSSR count). The molecule has 0 aliphatic rings. The van der Waals surface area contributed by atoms with E-state index in [2.05, 4.69) is 4.72 Å². The third-order valence-corrected chi connectivity index (χ3v) is 4.61. The molecule has 1 aromatic carbocycles. The molecule has 0 heterocycles. The highest BCUT2D eigenvalue weighted by atomic mass is 32.2. The fourth-order valence-electron chi connectivity index (χ4n) is 1.98. The minimum atomic E-state index is -4.94. The molecule has 0 saturated heterocycles. The highest BCUT2D eigenvalue weighted by Gasteiger charge is 2.41. The van der Waals surface area contributed by atoms with Gasteiger partial charge in [0.1, 0.15) is 0 Å². The lowest BCUT2D eigenvalue weighted by atomic mass is 9.96. The number of halogens is 6. The van der Waals surface area contributed by atoms with Crippen LogP contribution in [0.2, 0.25) is 0 Å². The molecule has 0 aliphatic carbocycles. The highest BCUT2D eigenvalue weighted by Crippen LogP contribution is 2.40. The predicted molar refractivity (Wildman–Crippen MR) is 75.9 cm³/mol. The first-order valence-corrected chi connectivity index (χ1v) is 7.73. The van der Waals surface area contributed by atoms with E-state index in [-0.39, 0.29) is 5.56 Å². The van der Waals surface area contributed by atoms with Crippen molar-refractivity contribution in [1.29, 1.82) is 0 Å². The van der Waals surface area contributed by atoms with Crippen LogP contribution in [0.25, 0.3) is 0 Å². The van der Waals surface area contributed by atoms with Crippen LogP contribution in [0, 0.1) is 6.92 Å². The molecular formula is C14H17F6NOS. The van der Waals surface area contributed by atoms with Crippen molar-refractivity contribution in [2.45, 2.75) is 51.3 Å². The van der Waals surface area contributed by atoms with E-state index in [0.717, 1.165) is 13.0 Å². The summed E-state index contributed by atoms with van der Waals surface area (Å²) in [6.45, 7) is 5.21. The van der Waals surface area contributed by atoms with Crippen LogP contribution in [0.5, 0.6) is 0 Å². The van der Waals surface area contributed by atoms with Gasteiger partial charge in [-0.15, -0.1) is 0 Å². The Kier molecular flexibility index (Phi) is 5.58. The fraction of sp³-hybridized carbons (Fsp3) is 0.571. The Bertz CT molecular complexity index is 601. The summed E-state index contributed by atoms with van der Waals surface area (Å²) in [5.41, 5.74) is -3.93. The van der Waals surface area contributed by atoms with Crippen molar-refractivity contribution in [2.24, 2.45) is 0 Å². The first kappa shape index (κ1) is 20.0. The van der Waals surface area contributed by atoms with Crippen molar-refractivity contribution in [3.05, 3.63) is 34.4 Å². The number of hydrogen-bond donors (Lipinski definition) is 1. The molecule has 0 unspecified atom stereocenters. The Morgan fingerprint density at radius 2 is 1.52 bits per heavy atom. The van der Waals surface area contributed by atoms with E-state index in [4.69, 9.17) is 0 Å². The molecule has 1 aromatic rings. The summed E-state index contributed by atoms with van der Waals surface area (Å²) in [7, 11) is -1.64. The topological polar surface area (TPSA) is 29.1 Å². The minimum absolute atomic E-state index is 0.374. The third kappa shape index (κ3) is 4.94. The Hall–Kier alpha value is -1.09. The van der Waals surface area contributed by atoms with Crippen LogP contribution >= 0.6 is 0 Å². The molecule has 1 atom stereocenters. The summed E-state index contributed by atoms with van der Waals surface area (Å²) in [6, 6.07) is 1.38. The van der Waals surface area contributed by atoms with Gasteiger partial charge in [0.15, 0.2) is 0 Å². The zero-order valence-electron chi connectivity index (χ0n) is 12.9. The number of benzene rings is 1. The Labute approximate surface area is 132 Å². The Morgan fingerprint density at radius 1 is 1.00 bits per heavy atom. The van der Waals surface area contributed by atoms with Gasteiger partial charge in [0.25, 0.3) is 0 Å². The van der Waals surface area contributed by atoms with Gasteiger partial charge >= 0.3 is 12.4 Å². The molecule has 132 valence electrons. The van der Waals surface area contributed by atoms with Gasteiger partial charge < -0.3 is 0 Å². The zero-order valence-corrected chi connectivity index (χ0v) is 13.8. The molecule has 0 spiro atoms. The second kappa shape index (κ2) is 6.43. The maximum atomic E-state index is 13.2. The van der Waals surface area contributed by atoms with E-state index in [0.29, 0.717) is 6.07 Å². The van der Waals surface area contributed by atoms with Gasteiger partial charge in [-0.25, -0.2) is 8.93 Å². The van der Waals surface area contributed by atoms with Crippen LogP contribution in [0.15, 0.2) is 12.1 Å². The monoisotopic (exact) mass is 361 g/mol. The van der Waals surface area contributed by atoms with Crippen molar-refractivity contribution in [3.63, 3.8) is 0 Å². The largest absolute Gasteiger partial charge is 0.416 e. The summed E-state index contributed by atoms with van der Waals surface area (Å²) >= 11 is 0. The average molecular weight is 361 g/mol. The average Bonchev–Trinajstić information content (AvgIpc) is 2.31. The summed E-state index contributed by atoms with van der Waals surface area (Å²) in [4.78, 5) is 0. The van der Waals surface area contributed by atoms with Gasteiger partial charge in [-0.3, -0.25) is 0 Å². The molecule has 0 fully saturated rings. The number of alkyl halides is 6. The zero-order chi connectivity index (χ0) is 18.2. The van der Waals surface area contributed by atoms with Crippen molar-refractivity contribution < 1.29 is 30.6 Å². The first-order chi connectivity index (χ1) is 10.2.